The lowest BCUT2D eigenvalue weighted by Crippen LogP contribution is -2.39. The van der Waals surface area contributed by atoms with Gasteiger partial charge in [0.2, 0.25) is 5.91 Å². The van der Waals surface area contributed by atoms with Crippen LogP contribution in [0, 0.1) is 0 Å². The minimum Gasteiger partial charge on any atom is -0.383 e. The molecule has 0 aliphatic rings. The van der Waals surface area contributed by atoms with Gasteiger partial charge in [0.05, 0.1) is 18.7 Å². The number of hydrogen-bond acceptors (Lipinski definition) is 3. The Bertz CT molecular complexity index is 451. The molecule has 0 bridgehead atoms. The maximum Gasteiger partial charge on any atom is 0.255 e. The number of rotatable bonds is 6. The van der Waals surface area contributed by atoms with Crippen molar-refractivity contribution in [3.8, 4) is 0 Å². The lowest BCUT2D eigenvalue weighted by atomic mass is 10.2. The van der Waals surface area contributed by atoms with Crippen molar-refractivity contribution in [2.24, 2.45) is 0 Å². The van der Waals surface area contributed by atoms with E-state index in [9.17, 15) is 9.59 Å². The number of likely N-dealkylation sites (N-methyl/N-ethyl adjacent to an activating group) is 1. The highest BCUT2D eigenvalue weighted by molar-refractivity contribution is 9.10. The Morgan fingerprint density at radius 1 is 1.37 bits per heavy atom. The van der Waals surface area contributed by atoms with Crippen LogP contribution in [-0.4, -0.2) is 50.6 Å². The highest BCUT2D eigenvalue weighted by atomic mass is 79.9. The van der Waals surface area contributed by atoms with Crippen LogP contribution in [0.2, 0.25) is 0 Å². The molecule has 1 aromatic carbocycles. The summed E-state index contributed by atoms with van der Waals surface area (Å²) in [5.41, 5.74) is 0.537. The van der Waals surface area contributed by atoms with Crippen LogP contribution in [-0.2, 0) is 9.53 Å². The van der Waals surface area contributed by atoms with Gasteiger partial charge < -0.3 is 15.0 Å². The zero-order valence-corrected chi connectivity index (χ0v) is 12.6. The van der Waals surface area contributed by atoms with Crippen molar-refractivity contribution >= 4 is 27.7 Å². The van der Waals surface area contributed by atoms with Crippen LogP contribution >= 0.6 is 15.9 Å². The summed E-state index contributed by atoms with van der Waals surface area (Å²) in [5, 5.41) is 2.67. The molecule has 0 aromatic heterocycles. The monoisotopic (exact) mass is 328 g/mol. The minimum atomic E-state index is -0.208. The first-order valence-corrected chi connectivity index (χ1v) is 6.61. The molecule has 0 unspecified atom stereocenters. The van der Waals surface area contributed by atoms with Gasteiger partial charge in [-0.05, 0) is 28.1 Å². The van der Waals surface area contributed by atoms with Gasteiger partial charge >= 0.3 is 0 Å². The molecule has 0 aliphatic heterocycles. The van der Waals surface area contributed by atoms with Gasteiger partial charge in [0.15, 0.2) is 0 Å². The summed E-state index contributed by atoms with van der Waals surface area (Å²) in [6.45, 7) is 0.907. The smallest absolute Gasteiger partial charge is 0.255 e. The van der Waals surface area contributed by atoms with E-state index in [0.717, 1.165) is 0 Å². The number of hydrogen-bond donors (Lipinski definition) is 1. The predicted molar refractivity (Wildman–Crippen MR) is 76.0 cm³/mol. The first-order chi connectivity index (χ1) is 9.06. The van der Waals surface area contributed by atoms with Crippen molar-refractivity contribution in [3.63, 3.8) is 0 Å². The van der Waals surface area contributed by atoms with E-state index in [-0.39, 0.29) is 18.4 Å². The quantitative estimate of drug-likeness (QED) is 0.800. The molecule has 2 amide bonds. The Labute approximate surface area is 121 Å². The fraction of sp³-hybridized carbons (Fsp3) is 0.385. The number of benzene rings is 1. The van der Waals surface area contributed by atoms with Crippen molar-refractivity contribution in [2.75, 3.05) is 33.9 Å². The van der Waals surface area contributed by atoms with Gasteiger partial charge in [-0.2, -0.15) is 0 Å². The number of halogens is 1. The van der Waals surface area contributed by atoms with Crippen LogP contribution < -0.4 is 5.32 Å². The van der Waals surface area contributed by atoms with Gasteiger partial charge in [0, 0.05) is 25.2 Å². The number of amides is 2. The molecule has 5 nitrogen and oxygen atoms in total. The molecule has 104 valence electrons. The van der Waals surface area contributed by atoms with Crippen molar-refractivity contribution in [1.29, 1.82) is 0 Å². The van der Waals surface area contributed by atoms with E-state index in [0.29, 0.717) is 23.2 Å². The van der Waals surface area contributed by atoms with E-state index in [1.165, 1.54) is 4.90 Å². The lowest BCUT2D eigenvalue weighted by Gasteiger charge is -2.17. The minimum absolute atomic E-state index is 0.0177. The van der Waals surface area contributed by atoms with Gasteiger partial charge in [0.1, 0.15) is 0 Å². The molecule has 1 N–H and O–H groups in total. The fourth-order valence-electron chi connectivity index (χ4n) is 1.48. The first-order valence-electron chi connectivity index (χ1n) is 5.82. The zero-order valence-electron chi connectivity index (χ0n) is 11.0. The van der Waals surface area contributed by atoms with Gasteiger partial charge in [-0.1, -0.05) is 12.1 Å². The van der Waals surface area contributed by atoms with E-state index in [1.54, 1.807) is 32.4 Å². The second-order valence-electron chi connectivity index (χ2n) is 3.98. The molecule has 1 rings (SSSR count). The average Bonchev–Trinajstić information content (AvgIpc) is 2.38. The molecule has 0 saturated heterocycles. The average molecular weight is 329 g/mol. The van der Waals surface area contributed by atoms with Gasteiger partial charge in [-0.15, -0.1) is 0 Å². The molecule has 0 atom stereocenters. The fourth-order valence-corrected chi connectivity index (χ4v) is 1.93. The van der Waals surface area contributed by atoms with E-state index in [4.69, 9.17) is 4.74 Å². The Kier molecular flexibility index (Phi) is 6.52. The molecule has 19 heavy (non-hydrogen) atoms. The van der Waals surface area contributed by atoms with Gasteiger partial charge in [0.25, 0.3) is 5.91 Å². The maximum absolute atomic E-state index is 12.1. The Morgan fingerprint density at radius 3 is 2.68 bits per heavy atom. The summed E-state index contributed by atoms with van der Waals surface area (Å²) in [7, 11) is 3.16. The van der Waals surface area contributed by atoms with Crippen molar-refractivity contribution < 1.29 is 14.3 Å². The number of ether oxygens (including phenoxy) is 1. The molecule has 0 radical (unpaired) electrons. The molecular weight excluding hydrogens is 312 g/mol. The summed E-state index contributed by atoms with van der Waals surface area (Å²) < 4.78 is 5.54. The van der Waals surface area contributed by atoms with Crippen LogP contribution in [0.25, 0.3) is 0 Å². The molecule has 0 aliphatic carbocycles. The first kappa shape index (κ1) is 15.7. The number of methoxy groups -OCH3 is 1. The largest absolute Gasteiger partial charge is 0.383 e. The molecule has 0 fully saturated rings. The van der Waals surface area contributed by atoms with Crippen molar-refractivity contribution in [1.82, 2.24) is 10.2 Å². The molecule has 0 spiro atoms. The van der Waals surface area contributed by atoms with Crippen molar-refractivity contribution in [3.05, 3.63) is 34.3 Å². The third kappa shape index (κ3) is 5.00. The van der Waals surface area contributed by atoms with Crippen LogP contribution in [0.3, 0.4) is 0 Å². The van der Waals surface area contributed by atoms with Crippen molar-refractivity contribution in [2.45, 2.75) is 0 Å². The Morgan fingerprint density at radius 2 is 2.05 bits per heavy atom. The number of nitrogens with one attached hydrogen (secondary N) is 1. The SMILES string of the molecule is COCCNC(=O)CN(C)C(=O)c1ccccc1Br. The summed E-state index contributed by atoms with van der Waals surface area (Å²) in [6, 6.07) is 7.12. The molecule has 6 heteroatoms. The normalized spacial score (nSPS) is 10.1. The maximum atomic E-state index is 12.1. The van der Waals surface area contributed by atoms with E-state index in [2.05, 4.69) is 21.2 Å². The second kappa shape index (κ2) is 7.91. The highest BCUT2D eigenvalue weighted by Crippen LogP contribution is 2.17. The highest BCUT2D eigenvalue weighted by Gasteiger charge is 2.16. The summed E-state index contributed by atoms with van der Waals surface area (Å²) in [4.78, 5) is 25.1. The molecule has 0 saturated carbocycles. The van der Waals surface area contributed by atoms with E-state index in [1.807, 2.05) is 6.07 Å². The number of carbonyl (C=O) groups excluding carboxylic acids is 2. The summed E-state index contributed by atoms with van der Waals surface area (Å²) >= 11 is 3.32. The third-order valence-electron chi connectivity index (χ3n) is 2.46. The lowest BCUT2D eigenvalue weighted by molar-refractivity contribution is -0.121. The molecular formula is C13H17BrN2O3. The summed E-state index contributed by atoms with van der Waals surface area (Å²) in [5.74, 6) is -0.408. The van der Waals surface area contributed by atoms with Gasteiger partial charge in [-0.3, -0.25) is 9.59 Å². The van der Waals surface area contributed by atoms with Gasteiger partial charge in [-0.25, -0.2) is 0 Å². The molecule has 1 aromatic rings. The number of carbonyl (C=O) groups is 2. The van der Waals surface area contributed by atoms with E-state index < -0.39 is 0 Å². The zero-order chi connectivity index (χ0) is 14.3. The number of nitrogens with zero attached hydrogens (tertiary/aromatic N) is 1. The standard InChI is InChI=1S/C13H17BrN2O3/c1-16(9-12(17)15-7-8-19-2)13(18)10-5-3-4-6-11(10)14/h3-6H,7-9H2,1-2H3,(H,15,17). The second-order valence-corrected chi connectivity index (χ2v) is 4.84. The topological polar surface area (TPSA) is 58.6 Å². The van der Waals surface area contributed by atoms with E-state index >= 15 is 0 Å². The third-order valence-corrected chi connectivity index (χ3v) is 3.15. The van der Waals surface area contributed by atoms with Crippen LogP contribution in [0.15, 0.2) is 28.7 Å². The van der Waals surface area contributed by atoms with Crippen LogP contribution in [0.4, 0.5) is 0 Å². The predicted octanol–water partition coefficient (Wildman–Crippen LogP) is 1.28. The Hall–Kier alpha value is -1.40. The Balaban J connectivity index is 2.54. The summed E-state index contributed by atoms with van der Waals surface area (Å²) in [6.07, 6.45) is 0. The van der Waals surface area contributed by atoms with Crippen LogP contribution in [0.1, 0.15) is 10.4 Å². The molecule has 0 heterocycles. The van der Waals surface area contributed by atoms with Crippen LogP contribution in [0.5, 0.6) is 0 Å².